The predicted octanol–water partition coefficient (Wildman–Crippen LogP) is 1.53. The predicted molar refractivity (Wildman–Crippen MR) is 102 cm³/mol. The number of hydrogen-bond donors (Lipinski definition) is 1. The minimum atomic E-state index is -0.358. The Morgan fingerprint density at radius 2 is 1.78 bits per heavy atom. The van der Waals surface area contributed by atoms with E-state index in [0.29, 0.717) is 44.2 Å². The van der Waals surface area contributed by atoms with Crippen LogP contribution in [-0.4, -0.2) is 59.4 Å². The second-order valence-electron chi connectivity index (χ2n) is 5.75. The summed E-state index contributed by atoms with van der Waals surface area (Å²) in [5.74, 6) is -0.230. The quantitative estimate of drug-likeness (QED) is 0.801. The van der Waals surface area contributed by atoms with Gasteiger partial charge in [0.25, 0.3) is 11.8 Å². The minimum absolute atomic E-state index is 0. The van der Waals surface area contributed by atoms with Gasteiger partial charge in [-0.25, -0.2) is 9.37 Å². The average molecular weight is 415 g/mol. The molecule has 1 fully saturated rings. The number of halogens is 2. The molecule has 1 aromatic carbocycles. The molecule has 0 saturated carbocycles. The molecule has 7 nitrogen and oxygen atoms in total. The molecule has 0 spiro atoms. The van der Waals surface area contributed by atoms with Crippen LogP contribution < -0.4 is 10.5 Å². The first kappa shape index (κ1) is 21.1. The van der Waals surface area contributed by atoms with Gasteiger partial charge in [0.2, 0.25) is 0 Å². The van der Waals surface area contributed by atoms with E-state index in [-0.39, 0.29) is 36.6 Å². The number of nitrogens with zero attached hydrogens (tertiary/aromatic N) is 3. The van der Waals surface area contributed by atoms with Gasteiger partial charge in [-0.1, -0.05) is 0 Å². The Kier molecular flexibility index (Phi) is 7.52. The lowest BCUT2D eigenvalue weighted by molar-refractivity contribution is -0.134. The van der Waals surface area contributed by atoms with E-state index in [1.54, 1.807) is 15.2 Å². The van der Waals surface area contributed by atoms with E-state index in [1.807, 2.05) is 0 Å². The highest BCUT2D eigenvalue weighted by Crippen LogP contribution is 2.14. The second-order valence-corrected chi connectivity index (χ2v) is 6.69. The van der Waals surface area contributed by atoms with Crippen molar-refractivity contribution in [3.63, 3.8) is 0 Å². The van der Waals surface area contributed by atoms with E-state index >= 15 is 0 Å². The van der Waals surface area contributed by atoms with E-state index in [2.05, 4.69) is 4.98 Å². The molecule has 1 saturated heterocycles. The summed E-state index contributed by atoms with van der Waals surface area (Å²) in [5, 5.41) is 2.43. The van der Waals surface area contributed by atoms with Crippen LogP contribution in [0.5, 0.6) is 5.75 Å². The maximum Gasteiger partial charge on any atom is 0.273 e. The smallest absolute Gasteiger partial charge is 0.273 e. The number of rotatable bonds is 5. The van der Waals surface area contributed by atoms with Gasteiger partial charge in [-0.3, -0.25) is 9.59 Å². The molecular weight excluding hydrogens is 395 g/mol. The normalized spacial score (nSPS) is 13.9. The van der Waals surface area contributed by atoms with Gasteiger partial charge in [-0.15, -0.1) is 23.7 Å². The first-order chi connectivity index (χ1) is 12.6. The Balaban J connectivity index is 0.00000261. The third-order valence-corrected chi connectivity index (χ3v) is 4.91. The van der Waals surface area contributed by atoms with E-state index in [1.165, 1.54) is 35.6 Å². The molecule has 0 bridgehead atoms. The minimum Gasteiger partial charge on any atom is -0.484 e. The van der Waals surface area contributed by atoms with Gasteiger partial charge in [-0.05, 0) is 24.3 Å². The lowest BCUT2D eigenvalue weighted by Crippen LogP contribution is -2.51. The molecule has 1 aliphatic rings. The summed E-state index contributed by atoms with van der Waals surface area (Å²) < 4.78 is 18.2. The number of amides is 2. The van der Waals surface area contributed by atoms with Crippen molar-refractivity contribution in [2.75, 3.05) is 32.8 Å². The number of hydrogen-bond acceptors (Lipinski definition) is 6. The third kappa shape index (κ3) is 5.38. The Labute approximate surface area is 166 Å². The average Bonchev–Trinajstić information content (AvgIpc) is 3.16. The monoisotopic (exact) mass is 414 g/mol. The first-order valence-electron chi connectivity index (χ1n) is 8.16. The molecule has 3 rings (SSSR count). The van der Waals surface area contributed by atoms with Crippen molar-refractivity contribution in [1.82, 2.24) is 14.8 Å². The van der Waals surface area contributed by atoms with Crippen molar-refractivity contribution in [3.8, 4) is 5.75 Å². The largest absolute Gasteiger partial charge is 0.484 e. The molecule has 0 unspecified atom stereocenters. The van der Waals surface area contributed by atoms with Gasteiger partial charge in [-0.2, -0.15) is 0 Å². The fourth-order valence-corrected chi connectivity index (χ4v) is 3.24. The van der Waals surface area contributed by atoms with Crippen LogP contribution in [0.3, 0.4) is 0 Å². The van der Waals surface area contributed by atoms with Gasteiger partial charge in [0.1, 0.15) is 22.3 Å². The molecule has 2 aromatic rings. The Bertz CT molecular complexity index is 779. The summed E-state index contributed by atoms with van der Waals surface area (Å²) in [4.78, 5) is 32.2. The number of nitrogens with two attached hydrogens (primary N) is 1. The molecule has 2 N–H and O–H groups in total. The van der Waals surface area contributed by atoms with Gasteiger partial charge >= 0.3 is 0 Å². The Hall–Kier alpha value is -2.23. The molecule has 0 atom stereocenters. The summed E-state index contributed by atoms with van der Waals surface area (Å²) in [7, 11) is 0. The van der Waals surface area contributed by atoms with E-state index in [9.17, 15) is 14.0 Å². The molecule has 10 heteroatoms. The van der Waals surface area contributed by atoms with Crippen molar-refractivity contribution in [2.24, 2.45) is 5.73 Å². The zero-order valence-electron chi connectivity index (χ0n) is 14.5. The third-order valence-electron chi connectivity index (χ3n) is 4.04. The summed E-state index contributed by atoms with van der Waals surface area (Å²) >= 11 is 1.36. The molecule has 146 valence electrons. The number of thiazole rings is 1. The molecule has 1 aromatic heterocycles. The van der Waals surface area contributed by atoms with Gasteiger partial charge in [0, 0.05) is 38.1 Å². The summed E-state index contributed by atoms with van der Waals surface area (Å²) in [6, 6.07) is 5.50. The van der Waals surface area contributed by atoms with Crippen molar-refractivity contribution in [2.45, 2.75) is 6.54 Å². The molecule has 0 aliphatic carbocycles. The summed E-state index contributed by atoms with van der Waals surface area (Å²) in [6.07, 6.45) is 0. The second kappa shape index (κ2) is 9.63. The number of piperazine rings is 1. The van der Waals surface area contributed by atoms with Crippen LogP contribution in [0.25, 0.3) is 0 Å². The molecule has 27 heavy (non-hydrogen) atoms. The van der Waals surface area contributed by atoms with Crippen LogP contribution in [0.1, 0.15) is 15.5 Å². The SMILES string of the molecule is Cl.NCc1nc(C(=O)N2CCN(C(=O)COc3ccc(F)cc3)CC2)cs1. The summed E-state index contributed by atoms with van der Waals surface area (Å²) in [6.45, 7) is 1.95. The van der Waals surface area contributed by atoms with Crippen molar-refractivity contribution >= 4 is 35.6 Å². The van der Waals surface area contributed by atoms with Crippen molar-refractivity contribution < 1.29 is 18.7 Å². The Morgan fingerprint density at radius 3 is 2.37 bits per heavy atom. The maximum absolute atomic E-state index is 12.8. The lowest BCUT2D eigenvalue weighted by Gasteiger charge is -2.34. The summed E-state index contributed by atoms with van der Waals surface area (Å²) in [5.41, 5.74) is 5.92. The van der Waals surface area contributed by atoms with Crippen LogP contribution in [0.4, 0.5) is 4.39 Å². The first-order valence-corrected chi connectivity index (χ1v) is 9.04. The molecule has 2 amide bonds. The zero-order valence-corrected chi connectivity index (χ0v) is 16.1. The van der Waals surface area contributed by atoms with Crippen LogP contribution in [0.2, 0.25) is 0 Å². The lowest BCUT2D eigenvalue weighted by atomic mass is 10.3. The van der Waals surface area contributed by atoms with Crippen molar-refractivity contribution in [3.05, 3.63) is 46.2 Å². The van der Waals surface area contributed by atoms with E-state index < -0.39 is 0 Å². The molecule has 2 heterocycles. The van der Waals surface area contributed by atoms with Gasteiger partial charge in [0.05, 0.1) is 0 Å². The highest BCUT2D eigenvalue weighted by Gasteiger charge is 2.26. The highest BCUT2D eigenvalue weighted by molar-refractivity contribution is 7.09. The molecule has 0 radical (unpaired) electrons. The van der Waals surface area contributed by atoms with Gasteiger partial charge < -0.3 is 20.3 Å². The van der Waals surface area contributed by atoms with Crippen LogP contribution in [0.15, 0.2) is 29.6 Å². The molecular formula is C17H20ClFN4O3S. The highest BCUT2D eigenvalue weighted by atomic mass is 35.5. The van der Waals surface area contributed by atoms with Crippen molar-refractivity contribution in [1.29, 1.82) is 0 Å². The standard InChI is InChI=1S/C17H19FN4O3S.ClH/c18-12-1-3-13(4-2-12)25-10-16(23)21-5-7-22(8-6-21)17(24)14-11-26-15(9-19)20-14;/h1-4,11H,5-10,19H2;1H. The zero-order chi connectivity index (χ0) is 18.5. The number of ether oxygens (including phenoxy) is 1. The van der Waals surface area contributed by atoms with Crippen LogP contribution in [-0.2, 0) is 11.3 Å². The number of benzene rings is 1. The number of carbonyl (C=O) groups excluding carboxylic acids is 2. The van der Waals surface area contributed by atoms with E-state index in [4.69, 9.17) is 10.5 Å². The fraction of sp³-hybridized carbons (Fsp3) is 0.353. The topological polar surface area (TPSA) is 88.8 Å². The molecule has 1 aliphatic heterocycles. The van der Waals surface area contributed by atoms with E-state index in [0.717, 1.165) is 5.01 Å². The Morgan fingerprint density at radius 1 is 1.15 bits per heavy atom. The number of aromatic nitrogens is 1. The van der Waals surface area contributed by atoms with Crippen LogP contribution >= 0.6 is 23.7 Å². The number of carbonyl (C=O) groups is 2. The van der Waals surface area contributed by atoms with Crippen LogP contribution in [0, 0.1) is 5.82 Å². The fourth-order valence-electron chi connectivity index (χ4n) is 2.59. The maximum atomic E-state index is 12.8. The van der Waals surface area contributed by atoms with Gasteiger partial charge in [0.15, 0.2) is 6.61 Å².